The molecule has 5 atom stereocenters. The van der Waals surface area contributed by atoms with Gasteiger partial charge in [-0.3, -0.25) is 19.2 Å². The van der Waals surface area contributed by atoms with Gasteiger partial charge in [0, 0.05) is 39.8 Å². The molecule has 1 aliphatic rings. The van der Waals surface area contributed by atoms with Gasteiger partial charge in [-0.25, -0.2) is 0 Å². The number of ether oxygens (including phenoxy) is 5. The Bertz CT molecular complexity index is 1190. The van der Waals surface area contributed by atoms with Crippen molar-refractivity contribution >= 4 is 47.2 Å². The van der Waals surface area contributed by atoms with E-state index in [0.717, 1.165) is 11.8 Å². The number of carbonyl (C=O) groups is 4. The summed E-state index contributed by atoms with van der Waals surface area (Å²) in [5.74, 6) is -1.31. The second kappa shape index (κ2) is 13.6. The van der Waals surface area contributed by atoms with E-state index in [-0.39, 0.29) is 13.2 Å². The molecule has 39 heavy (non-hydrogen) atoms. The van der Waals surface area contributed by atoms with E-state index in [1.807, 2.05) is 0 Å². The third kappa shape index (κ3) is 8.57. The van der Waals surface area contributed by atoms with Crippen molar-refractivity contribution in [3.63, 3.8) is 0 Å². The highest BCUT2D eigenvalue weighted by Crippen LogP contribution is 2.35. The number of aromatic nitrogens is 3. The molecule has 0 aliphatic carbocycles. The van der Waals surface area contributed by atoms with Crippen LogP contribution in [0.5, 0.6) is 5.75 Å². The van der Waals surface area contributed by atoms with Gasteiger partial charge in [-0.15, -0.1) is 10.2 Å². The number of amides is 1. The summed E-state index contributed by atoms with van der Waals surface area (Å²) in [4.78, 5) is 47.6. The van der Waals surface area contributed by atoms with E-state index in [1.54, 1.807) is 35.9 Å². The van der Waals surface area contributed by atoms with Crippen molar-refractivity contribution in [3.8, 4) is 5.75 Å². The average molecular weight is 585 g/mol. The van der Waals surface area contributed by atoms with Gasteiger partial charge >= 0.3 is 17.9 Å². The van der Waals surface area contributed by atoms with Crippen molar-refractivity contribution in [2.45, 2.75) is 69.2 Å². The van der Waals surface area contributed by atoms with Gasteiger partial charge in [-0.05, 0) is 24.3 Å². The Morgan fingerprint density at radius 1 is 1.00 bits per heavy atom. The van der Waals surface area contributed by atoms with E-state index in [1.165, 1.54) is 27.7 Å². The number of thioether (sulfide) groups is 1. The molecule has 0 spiro atoms. The predicted octanol–water partition coefficient (Wildman–Crippen LogP) is 1.80. The SMILES string of the molecule is CC(=O)N[C@H]1[C@H](OC(C)=O)[C@H](OC(C)=O)[C@@H](COC(C)=O)O[C@H]1Sc1nnc(COc2ccc(Cl)cc2)n1C. The maximum atomic E-state index is 12.1. The molecule has 15 heteroatoms. The van der Waals surface area contributed by atoms with Gasteiger partial charge in [0.1, 0.15) is 36.5 Å². The number of esters is 3. The highest BCUT2D eigenvalue weighted by atomic mass is 35.5. The molecule has 1 aromatic heterocycles. The molecule has 1 aliphatic heterocycles. The van der Waals surface area contributed by atoms with Gasteiger partial charge in [0.15, 0.2) is 23.2 Å². The summed E-state index contributed by atoms with van der Waals surface area (Å²) >= 11 is 6.99. The molecule has 1 saturated heterocycles. The largest absolute Gasteiger partial charge is 0.486 e. The van der Waals surface area contributed by atoms with Crippen molar-refractivity contribution in [3.05, 3.63) is 35.1 Å². The van der Waals surface area contributed by atoms with Crippen LogP contribution in [0.25, 0.3) is 0 Å². The van der Waals surface area contributed by atoms with E-state index in [4.69, 9.17) is 35.3 Å². The highest BCUT2D eigenvalue weighted by molar-refractivity contribution is 7.99. The van der Waals surface area contributed by atoms with Crippen LogP contribution < -0.4 is 10.1 Å². The lowest BCUT2D eigenvalue weighted by Crippen LogP contribution is -2.65. The molecule has 2 heterocycles. The van der Waals surface area contributed by atoms with Crippen LogP contribution in [-0.2, 0) is 51.8 Å². The molecule has 1 N–H and O–H groups in total. The van der Waals surface area contributed by atoms with Crippen LogP contribution in [0.4, 0.5) is 0 Å². The Hall–Kier alpha value is -3.36. The third-order valence-corrected chi connectivity index (χ3v) is 6.85. The molecule has 0 radical (unpaired) electrons. The maximum absolute atomic E-state index is 12.1. The average Bonchev–Trinajstić information content (AvgIpc) is 3.19. The molecular formula is C24H29ClN4O9S. The quantitative estimate of drug-likeness (QED) is 0.319. The summed E-state index contributed by atoms with van der Waals surface area (Å²) in [7, 11) is 1.72. The van der Waals surface area contributed by atoms with Crippen LogP contribution in [-0.4, -0.2) is 75.0 Å². The molecule has 1 fully saturated rings. The van der Waals surface area contributed by atoms with Gasteiger partial charge in [0.2, 0.25) is 5.91 Å². The Morgan fingerprint density at radius 3 is 2.23 bits per heavy atom. The van der Waals surface area contributed by atoms with Crippen LogP contribution in [0.2, 0.25) is 5.02 Å². The van der Waals surface area contributed by atoms with Crippen LogP contribution in [0.3, 0.4) is 0 Å². The number of hydrogen-bond acceptors (Lipinski definition) is 12. The summed E-state index contributed by atoms with van der Waals surface area (Å²) in [6.07, 6.45) is -3.36. The monoisotopic (exact) mass is 584 g/mol. The normalized spacial score (nSPS) is 22.5. The topological polar surface area (TPSA) is 157 Å². The Morgan fingerprint density at radius 2 is 1.64 bits per heavy atom. The minimum absolute atomic E-state index is 0.103. The van der Waals surface area contributed by atoms with Gasteiger partial charge in [-0.1, -0.05) is 23.4 Å². The first-order chi connectivity index (χ1) is 18.4. The van der Waals surface area contributed by atoms with Crippen molar-refractivity contribution in [1.29, 1.82) is 0 Å². The van der Waals surface area contributed by atoms with Gasteiger partial charge in [0.05, 0.1) is 0 Å². The van der Waals surface area contributed by atoms with Crippen LogP contribution in [0.15, 0.2) is 29.4 Å². The van der Waals surface area contributed by atoms with E-state index >= 15 is 0 Å². The second-order valence-corrected chi connectivity index (χ2v) is 10.0. The first kappa shape index (κ1) is 30.2. The molecule has 1 amide bonds. The Balaban J connectivity index is 1.88. The van der Waals surface area contributed by atoms with Crippen molar-refractivity contribution in [2.24, 2.45) is 7.05 Å². The fourth-order valence-corrected chi connectivity index (χ4v) is 5.00. The summed E-state index contributed by atoms with van der Waals surface area (Å²) in [5, 5.41) is 12.1. The van der Waals surface area contributed by atoms with E-state index in [2.05, 4.69) is 15.5 Å². The molecule has 212 valence electrons. The minimum atomic E-state index is -1.18. The lowest BCUT2D eigenvalue weighted by atomic mass is 9.97. The lowest BCUT2D eigenvalue weighted by molar-refractivity contribution is -0.211. The Labute approximate surface area is 233 Å². The Kier molecular flexibility index (Phi) is 10.5. The first-order valence-electron chi connectivity index (χ1n) is 11.8. The molecule has 0 bridgehead atoms. The van der Waals surface area contributed by atoms with E-state index in [9.17, 15) is 19.2 Å². The van der Waals surface area contributed by atoms with E-state index in [0.29, 0.717) is 21.8 Å². The molecule has 0 saturated carbocycles. The molecule has 13 nitrogen and oxygen atoms in total. The summed E-state index contributed by atoms with van der Waals surface area (Å²) in [6, 6.07) is 5.87. The lowest BCUT2D eigenvalue weighted by Gasteiger charge is -2.44. The van der Waals surface area contributed by atoms with Crippen LogP contribution in [0.1, 0.15) is 33.5 Å². The number of hydrogen-bond donors (Lipinski definition) is 1. The first-order valence-corrected chi connectivity index (χ1v) is 13.0. The maximum Gasteiger partial charge on any atom is 0.303 e. The summed E-state index contributed by atoms with van der Waals surface area (Å²) < 4.78 is 29.6. The number of rotatable bonds is 10. The van der Waals surface area contributed by atoms with Crippen molar-refractivity contribution in [2.75, 3.05) is 6.61 Å². The number of nitrogens with zero attached hydrogens (tertiary/aromatic N) is 3. The molecule has 2 aromatic rings. The molecular weight excluding hydrogens is 556 g/mol. The van der Waals surface area contributed by atoms with Gasteiger partial charge in [0.25, 0.3) is 0 Å². The van der Waals surface area contributed by atoms with E-state index < -0.39 is 53.6 Å². The summed E-state index contributed by atoms with van der Waals surface area (Å²) in [5.41, 5.74) is -0.918. The van der Waals surface area contributed by atoms with Gasteiger partial charge in [-0.2, -0.15) is 0 Å². The number of halogens is 1. The summed E-state index contributed by atoms with van der Waals surface area (Å²) in [6.45, 7) is 4.67. The van der Waals surface area contributed by atoms with Crippen LogP contribution in [0, 0.1) is 0 Å². The highest BCUT2D eigenvalue weighted by Gasteiger charge is 2.51. The number of carbonyl (C=O) groups excluding carboxylic acids is 4. The second-order valence-electron chi connectivity index (χ2n) is 8.54. The fraction of sp³-hybridized carbons (Fsp3) is 0.500. The zero-order chi connectivity index (χ0) is 28.7. The minimum Gasteiger partial charge on any atom is -0.486 e. The predicted molar refractivity (Wildman–Crippen MR) is 137 cm³/mol. The molecule has 3 rings (SSSR count). The van der Waals surface area contributed by atoms with Crippen molar-refractivity contribution in [1.82, 2.24) is 20.1 Å². The smallest absolute Gasteiger partial charge is 0.303 e. The van der Waals surface area contributed by atoms with Crippen molar-refractivity contribution < 1.29 is 42.9 Å². The third-order valence-electron chi connectivity index (χ3n) is 5.40. The molecule has 0 unspecified atom stereocenters. The number of benzene rings is 1. The number of nitrogens with one attached hydrogen (secondary N) is 1. The zero-order valence-corrected chi connectivity index (χ0v) is 23.5. The van der Waals surface area contributed by atoms with Gasteiger partial charge < -0.3 is 33.6 Å². The standard InChI is InChI=1S/C24H29ClN4O9S/c1-12(30)26-20-22(37-15(4)33)21(36-14(3)32)18(10-34-13(2)31)38-23(20)39-24-28-27-19(29(24)5)11-35-17-8-6-16(25)7-9-17/h6-9,18,20-23H,10-11H2,1-5H3,(H,26,30)/t18-,20+,21-,22+,23+/m1/s1. The molecule has 1 aromatic carbocycles. The fourth-order valence-electron chi connectivity index (χ4n) is 3.75. The zero-order valence-electron chi connectivity index (χ0n) is 21.9. The van der Waals surface area contributed by atoms with Crippen LogP contribution >= 0.6 is 23.4 Å².